The van der Waals surface area contributed by atoms with Gasteiger partial charge in [0.25, 0.3) is 5.91 Å². The van der Waals surface area contributed by atoms with Crippen LogP contribution in [0.25, 0.3) is 11.2 Å². The molecule has 4 heterocycles. The Balaban J connectivity index is 1.33. The zero-order valence-electron chi connectivity index (χ0n) is 18.9. The van der Waals surface area contributed by atoms with Crippen molar-refractivity contribution in [3.8, 4) is 5.75 Å². The third-order valence-electron chi connectivity index (χ3n) is 5.60. The third-order valence-corrected chi connectivity index (χ3v) is 6.48. The van der Waals surface area contributed by atoms with Crippen LogP contribution in [0.3, 0.4) is 0 Å². The molecule has 2 aliphatic rings. The SMILES string of the molecule is CC1(C)O[C@@H]2[C@H](O1)[C@@H](COS(=O)(=O)NC(=O)c1ccc(F)cc1O)O[C@H]2n1cnc2c(N)ncnc21. The van der Waals surface area contributed by atoms with Crippen molar-refractivity contribution < 1.29 is 41.1 Å². The van der Waals surface area contributed by atoms with E-state index in [1.54, 1.807) is 23.1 Å². The lowest BCUT2D eigenvalue weighted by Gasteiger charge is -2.24. The Morgan fingerprint density at radius 3 is 2.78 bits per heavy atom. The molecule has 0 spiro atoms. The Kier molecular flexibility index (Phi) is 5.79. The number of nitrogen functional groups attached to an aromatic ring is 1. The summed E-state index contributed by atoms with van der Waals surface area (Å²) in [5, 5.41) is 9.71. The number of nitrogens with one attached hydrogen (secondary N) is 1. The van der Waals surface area contributed by atoms with E-state index in [0.29, 0.717) is 17.2 Å². The summed E-state index contributed by atoms with van der Waals surface area (Å²) in [5.74, 6) is -3.58. The maximum absolute atomic E-state index is 13.2. The highest BCUT2D eigenvalue weighted by molar-refractivity contribution is 7.85. The molecule has 0 unspecified atom stereocenters. The normalized spacial score (nSPS) is 25.2. The fourth-order valence-corrected chi connectivity index (χ4v) is 4.83. The Labute approximate surface area is 203 Å². The number of hydrogen-bond acceptors (Lipinski definition) is 12. The third kappa shape index (κ3) is 4.44. The van der Waals surface area contributed by atoms with Gasteiger partial charge in [-0.25, -0.2) is 24.1 Å². The molecule has 2 fully saturated rings. The maximum atomic E-state index is 13.2. The minimum atomic E-state index is -4.65. The predicted molar refractivity (Wildman–Crippen MR) is 118 cm³/mol. The van der Waals surface area contributed by atoms with Gasteiger partial charge in [0.05, 0.1) is 18.5 Å². The van der Waals surface area contributed by atoms with E-state index in [0.717, 1.165) is 12.1 Å². The van der Waals surface area contributed by atoms with E-state index in [1.807, 2.05) is 0 Å². The first-order chi connectivity index (χ1) is 16.9. The Bertz CT molecular complexity index is 1450. The minimum Gasteiger partial charge on any atom is -0.507 e. The number of ether oxygens (including phenoxy) is 3. The Hall–Kier alpha value is -3.44. The lowest BCUT2D eigenvalue weighted by molar-refractivity contribution is -0.198. The number of fused-ring (bicyclic) bond motifs is 2. The lowest BCUT2D eigenvalue weighted by atomic mass is 10.1. The number of phenols is 1. The number of nitrogens with zero attached hydrogens (tertiary/aromatic N) is 4. The fourth-order valence-electron chi connectivity index (χ4n) is 4.12. The average Bonchev–Trinajstić information content (AvgIpc) is 3.43. The number of anilines is 1. The molecule has 1 amide bonds. The number of nitrogens with two attached hydrogens (primary N) is 1. The molecule has 2 saturated heterocycles. The first-order valence-electron chi connectivity index (χ1n) is 10.6. The molecule has 0 aliphatic carbocycles. The van der Waals surface area contributed by atoms with Gasteiger partial charge in [0.15, 0.2) is 23.5 Å². The molecule has 192 valence electrons. The maximum Gasteiger partial charge on any atom is 0.362 e. The zero-order valence-corrected chi connectivity index (χ0v) is 19.7. The van der Waals surface area contributed by atoms with Gasteiger partial charge < -0.3 is 25.1 Å². The molecule has 3 aromatic rings. The van der Waals surface area contributed by atoms with Gasteiger partial charge in [-0.05, 0) is 26.0 Å². The summed E-state index contributed by atoms with van der Waals surface area (Å²) >= 11 is 0. The largest absolute Gasteiger partial charge is 0.507 e. The number of aromatic nitrogens is 4. The monoisotopic (exact) mass is 524 g/mol. The quantitative estimate of drug-likeness (QED) is 0.402. The van der Waals surface area contributed by atoms with E-state index in [4.69, 9.17) is 24.1 Å². The van der Waals surface area contributed by atoms with Crippen molar-refractivity contribution in [1.29, 1.82) is 0 Å². The Morgan fingerprint density at radius 2 is 2.03 bits per heavy atom. The van der Waals surface area contributed by atoms with E-state index in [-0.39, 0.29) is 5.82 Å². The van der Waals surface area contributed by atoms with Crippen molar-refractivity contribution in [2.24, 2.45) is 0 Å². The second-order valence-electron chi connectivity index (χ2n) is 8.54. The molecule has 1 aromatic carbocycles. The fraction of sp³-hybridized carbons (Fsp3) is 0.400. The van der Waals surface area contributed by atoms with E-state index in [1.165, 1.54) is 12.7 Å². The summed E-state index contributed by atoms with van der Waals surface area (Å²) in [7, 11) is -4.65. The number of hydrogen-bond donors (Lipinski definition) is 3. The number of imidazole rings is 1. The van der Waals surface area contributed by atoms with Crippen molar-refractivity contribution in [3.63, 3.8) is 0 Å². The first-order valence-corrected chi connectivity index (χ1v) is 12.0. The first kappa shape index (κ1) is 24.3. The number of carbonyl (C=O) groups is 1. The van der Waals surface area contributed by atoms with E-state index < -0.39 is 70.3 Å². The minimum absolute atomic E-state index is 0.172. The van der Waals surface area contributed by atoms with E-state index in [9.17, 15) is 22.7 Å². The van der Waals surface area contributed by atoms with Crippen LogP contribution in [0.15, 0.2) is 30.9 Å². The molecule has 5 rings (SSSR count). The van der Waals surface area contributed by atoms with Crippen molar-refractivity contribution >= 4 is 33.2 Å². The molecular weight excluding hydrogens is 503 g/mol. The van der Waals surface area contributed by atoms with Gasteiger partial charge in [0.2, 0.25) is 0 Å². The van der Waals surface area contributed by atoms with Crippen LogP contribution in [0.2, 0.25) is 0 Å². The second kappa shape index (κ2) is 8.59. The summed E-state index contributed by atoms with van der Waals surface area (Å²) in [6.07, 6.45) is -0.471. The zero-order chi connectivity index (χ0) is 25.8. The van der Waals surface area contributed by atoms with Gasteiger partial charge in [0.1, 0.15) is 41.7 Å². The van der Waals surface area contributed by atoms with Crippen LogP contribution in [0.5, 0.6) is 5.75 Å². The number of amides is 1. The summed E-state index contributed by atoms with van der Waals surface area (Å²) in [6, 6.07) is 2.50. The molecule has 2 aliphatic heterocycles. The average molecular weight is 524 g/mol. The van der Waals surface area contributed by atoms with Crippen LogP contribution in [0.4, 0.5) is 10.2 Å². The van der Waals surface area contributed by atoms with Crippen LogP contribution in [0.1, 0.15) is 30.4 Å². The number of phenolic OH excluding ortho intramolecular Hbond substituents is 1. The molecule has 0 saturated carbocycles. The smallest absolute Gasteiger partial charge is 0.362 e. The molecular formula is C20H21FN6O8S. The predicted octanol–water partition coefficient (Wildman–Crippen LogP) is 0.362. The van der Waals surface area contributed by atoms with Crippen LogP contribution in [-0.4, -0.2) is 69.7 Å². The second-order valence-corrected chi connectivity index (χ2v) is 9.89. The van der Waals surface area contributed by atoms with E-state index >= 15 is 0 Å². The number of benzene rings is 1. The highest BCUT2D eigenvalue weighted by atomic mass is 32.2. The topological polar surface area (TPSA) is 190 Å². The van der Waals surface area contributed by atoms with Gasteiger partial charge >= 0.3 is 10.3 Å². The molecule has 14 nitrogen and oxygen atoms in total. The Morgan fingerprint density at radius 1 is 1.28 bits per heavy atom. The van der Waals surface area contributed by atoms with Gasteiger partial charge in [-0.2, -0.15) is 8.42 Å². The number of aromatic hydroxyl groups is 1. The highest BCUT2D eigenvalue weighted by Crippen LogP contribution is 2.44. The number of halogens is 1. The van der Waals surface area contributed by atoms with Gasteiger partial charge in [-0.1, -0.05) is 0 Å². The van der Waals surface area contributed by atoms with Crippen molar-refractivity contribution in [2.45, 2.75) is 44.2 Å². The molecule has 4 atom stereocenters. The van der Waals surface area contributed by atoms with Crippen LogP contribution in [-0.2, 0) is 28.7 Å². The summed E-state index contributed by atoms with van der Waals surface area (Å²) in [5.41, 5.74) is 6.13. The standard InChI is InChI=1S/C20H21FN6O8S/c1-20(2)34-14-12(6-32-36(30,31)26-18(29)10-4-3-9(21)5-11(10)28)33-19(15(14)35-20)27-8-25-13-16(22)23-7-24-17(13)27/h3-5,7-8,12,14-15,19,28H,6H2,1-2H3,(H,26,29)(H2,22,23,24)/t12-,14-,15-,19-/m1/s1. The molecule has 0 bridgehead atoms. The summed E-state index contributed by atoms with van der Waals surface area (Å²) in [4.78, 5) is 24.6. The van der Waals surface area contributed by atoms with Crippen molar-refractivity contribution in [2.75, 3.05) is 12.3 Å². The number of carbonyl (C=O) groups excluding carboxylic acids is 1. The van der Waals surface area contributed by atoms with Crippen LogP contribution in [0, 0.1) is 5.82 Å². The van der Waals surface area contributed by atoms with Crippen LogP contribution < -0.4 is 10.5 Å². The van der Waals surface area contributed by atoms with Gasteiger partial charge in [0, 0.05) is 6.07 Å². The summed E-state index contributed by atoms with van der Waals surface area (Å²) < 4.78 is 64.1. The molecule has 2 aromatic heterocycles. The van der Waals surface area contributed by atoms with E-state index in [2.05, 4.69) is 15.0 Å². The number of rotatable bonds is 6. The van der Waals surface area contributed by atoms with Crippen molar-refractivity contribution in [3.05, 3.63) is 42.2 Å². The molecule has 16 heteroatoms. The highest BCUT2D eigenvalue weighted by Gasteiger charge is 2.56. The summed E-state index contributed by atoms with van der Waals surface area (Å²) in [6.45, 7) is 2.84. The molecule has 36 heavy (non-hydrogen) atoms. The van der Waals surface area contributed by atoms with Crippen molar-refractivity contribution in [1.82, 2.24) is 24.2 Å². The molecule has 0 radical (unpaired) electrons. The lowest BCUT2D eigenvalue weighted by Crippen LogP contribution is -2.37. The van der Waals surface area contributed by atoms with Crippen LogP contribution >= 0.6 is 0 Å². The molecule has 4 N–H and O–H groups in total. The van der Waals surface area contributed by atoms with Gasteiger partial charge in [-0.15, -0.1) is 0 Å². The van der Waals surface area contributed by atoms with Gasteiger partial charge in [-0.3, -0.25) is 13.5 Å².